The minimum absolute atomic E-state index is 0.0354. The summed E-state index contributed by atoms with van der Waals surface area (Å²) in [5, 5.41) is 7.47. The fourth-order valence-corrected chi connectivity index (χ4v) is 3.01. The van der Waals surface area contributed by atoms with Gasteiger partial charge in [0.25, 0.3) is 5.91 Å². The first kappa shape index (κ1) is 15.7. The number of aryl methyl sites for hydroxylation is 1. The number of nitrogens with zero attached hydrogens (tertiary/aromatic N) is 3. The summed E-state index contributed by atoms with van der Waals surface area (Å²) < 4.78 is 1.96. The second-order valence-electron chi connectivity index (χ2n) is 6.09. The van der Waals surface area contributed by atoms with Crippen molar-refractivity contribution in [2.24, 2.45) is 0 Å². The highest BCUT2D eigenvalue weighted by Crippen LogP contribution is 2.14. The van der Waals surface area contributed by atoms with Crippen LogP contribution in [0, 0.1) is 0 Å². The fraction of sp³-hybridized carbons (Fsp3) is 0.444. The van der Waals surface area contributed by atoms with Crippen LogP contribution in [0.3, 0.4) is 0 Å². The number of piperidine rings is 1. The molecule has 2 aromatic rings. The van der Waals surface area contributed by atoms with Crippen molar-refractivity contribution >= 4 is 5.91 Å². The zero-order chi connectivity index (χ0) is 16.1. The van der Waals surface area contributed by atoms with Crippen molar-refractivity contribution in [2.75, 3.05) is 13.1 Å². The average Bonchev–Trinajstić information content (AvgIpc) is 3.05. The van der Waals surface area contributed by atoms with E-state index in [0.29, 0.717) is 0 Å². The van der Waals surface area contributed by atoms with E-state index in [4.69, 9.17) is 0 Å². The third kappa shape index (κ3) is 4.20. The summed E-state index contributed by atoms with van der Waals surface area (Å²) in [6.07, 6.45) is 6.07. The van der Waals surface area contributed by atoms with E-state index < -0.39 is 0 Å². The zero-order valence-corrected chi connectivity index (χ0v) is 13.6. The lowest BCUT2D eigenvalue weighted by molar-refractivity contribution is 0.0909. The molecule has 5 heteroatoms. The van der Waals surface area contributed by atoms with Crippen LogP contribution in [0.1, 0.15) is 35.7 Å². The number of likely N-dealkylation sites (tertiary alicyclic amines) is 1. The number of amides is 1. The molecule has 0 spiro atoms. The topological polar surface area (TPSA) is 50.2 Å². The van der Waals surface area contributed by atoms with Gasteiger partial charge in [-0.25, -0.2) is 0 Å². The molecule has 0 aliphatic carbocycles. The first-order valence-corrected chi connectivity index (χ1v) is 8.34. The molecule has 1 amide bonds. The first-order chi connectivity index (χ1) is 11.2. The SMILES string of the molecule is CCn1cc(CN2CCC(NC(=O)c3ccccc3)CC2)cn1. The Kier molecular flexibility index (Phi) is 5.08. The Labute approximate surface area is 137 Å². The summed E-state index contributed by atoms with van der Waals surface area (Å²) in [5.41, 5.74) is 2.00. The van der Waals surface area contributed by atoms with Crippen molar-refractivity contribution in [3.05, 3.63) is 53.9 Å². The number of aromatic nitrogens is 2. The van der Waals surface area contributed by atoms with Crippen molar-refractivity contribution in [2.45, 2.75) is 38.9 Å². The molecule has 1 aromatic carbocycles. The van der Waals surface area contributed by atoms with Crippen molar-refractivity contribution in [1.82, 2.24) is 20.0 Å². The third-order valence-corrected chi connectivity index (χ3v) is 4.38. The minimum Gasteiger partial charge on any atom is -0.349 e. The van der Waals surface area contributed by atoms with Gasteiger partial charge in [-0.15, -0.1) is 0 Å². The molecule has 122 valence electrons. The number of carbonyl (C=O) groups is 1. The summed E-state index contributed by atoms with van der Waals surface area (Å²) in [6.45, 7) is 5.97. The number of hydrogen-bond donors (Lipinski definition) is 1. The fourth-order valence-electron chi connectivity index (χ4n) is 3.01. The quantitative estimate of drug-likeness (QED) is 0.921. The van der Waals surface area contributed by atoms with Crippen LogP contribution >= 0.6 is 0 Å². The second kappa shape index (κ2) is 7.42. The molecule has 0 unspecified atom stereocenters. The maximum absolute atomic E-state index is 12.2. The van der Waals surface area contributed by atoms with E-state index in [1.807, 2.05) is 41.2 Å². The van der Waals surface area contributed by atoms with Crippen molar-refractivity contribution in [1.29, 1.82) is 0 Å². The molecule has 0 radical (unpaired) electrons. The molecule has 3 rings (SSSR count). The van der Waals surface area contributed by atoms with Gasteiger partial charge in [-0.3, -0.25) is 14.4 Å². The summed E-state index contributed by atoms with van der Waals surface area (Å²) in [7, 11) is 0. The first-order valence-electron chi connectivity index (χ1n) is 8.34. The van der Waals surface area contributed by atoms with Crippen LogP contribution in [0.2, 0.25) is 0 Å². The number of benzene rings is 1. The van der Waals surface area contributed by atoms with Gasteiger partial charge in [0.1, 0.15) is 0 Å². The Bertz CT molecular complexity index is 629. The lowest BCUT2D eigenvalue weighted by atomic mass is 10.0. The van der Waals surface area contributed by atoms with Crippen molar-refractivity contribution in [3.63, 3.8) is 0 Å². The molecule has 1 aliphatic rings. The Morgan fingerprint density at radius 3 is 2.65 bits per heavy atom. The van der Waals surface area contributed by atoms with Gasteiger partial charge in [0, 0.05) is 49.5 Å². The van der Waals surface area contributed by atoms with Crippen LogP contribution in [0.5, 0.6) is 0 Å². The van der Waals surface area contributed by atoms with Crippen LogP contribution in [-0.2, 0) is 13.1 Å². The van der Waals surface area contributed by atoms with Crippen LogP contribution in [0.15, 0.2) is 42.7 Å². The van der Waals surface area contributed by atoms with Crippen LogP contribution in [0.4, 0.5) is 0 Å². The summed E-state index contributed by atoms with van der Waals surface area (Å²) in [5.74, 6) is 0.0354. The summed E-state index contributed by atoms with van der Waals surface area (Å²) in [6, 6.07) is 9.71. The molecule has 23 heavy (non-hydrogen) atoms. The minimum atomic E-state index is 0.0354. The number of hydrogen-bond acceptors (Lipinski definition) is 3. The molecule has 1 aromatic heterocycles. The summed E-state index contributed by atoms with van der Waals surface area (Å²) in [4.78, 5) is 14.6. The average molecular weight is 312 g/mol. The Morgan fingerprint density at radius 1 is 1.26 bits per heavy atom. The number of nitrogens with one attached hydrogen (secondary N) is 1. The van der Waals surface area contributed by atoms with E-state index in [1.165, 1.54) is 5.56 Å². The van der Waals surface area contributed by atoms with Gasteiger partial charge in [0.15, 0.2) is 0 Å². The lowest BCUT2D eigenvalue weighted by Crippen LogP contribution is -2.44. The highest BCUT2D eigenvalue weighted by molar-refractivity contribution is 5.94. The second-order valence-corrected chi connectivity index (χ2v) is 6.09. The highest BCUT2D eigenvalue weighted by atomic mass is 16.1. The zero-order valence-electron chi connectivity index (χ0n) is 13.6. The van der Waals surface area contributed by atoms with E-state index >= 15 is 0 Å². The van der Waals surface area contributed by atoms with E-state index in [1.54, 1.807) is 0 Å². The van der Waals surface area contributed by atoms with E-state index in [9.17, 15) is 4.79 Å². The number of rotatable bonds is 5. The molecule has 5 nitrogen and oxygen atoms in total. The van der Waals surface area contributed by atoms with Gasteiger partial charge in [0.2, 0.25) is 0 Å². The Hall–Kier alpha value is -2.14. The largest absolute Gasteiger partial charge is 0.349 e. The van der Waals surface area contributed by atoms with Gasteiger partial charge >= 0.3 is 0 Å². The van der Waals surface area contributed by atoms with Crippen LogP contribution in [-0.4, -0.2) is 39.7 Å². The highest BCUT2D eigenvalue weighted by Gasteiger charge is 2.21. The van der Waals surface area contributed by atoms with Crippen LogP contribution < -0.4 is 5.32 Å². The maximum atomic E-state index is 12.2. The molecular weight excluding hydrogens is 288 g/mol. The third-order valence-electron chi connectivity index (χ3n) is 4.38. The van der Waals surface area contributed by atoms with E-state index in [2.05, 4.69) is 28.4 Å². The summed E-state index contributed by atoms with van der Waals surface area (Å²) >= 11 is 0. The lowest BCUT2D eigenvalue weighted by Gasteiger charge is -2.32. The molecule has 1 N–H and O–H groups in total. The molecule has 0 bridgehead atoms. The normalized spacial score (nSPS) is 16.4. The molecule has 2 heterocycles. The standard InChI is InChI=1S/C18H24N4O/c1-2-22-14-15(12-19-22)13-21-10-8-17(9-11-21)20-18(23)16-6-4-3-5-7-16/h3-7,12,14,17H,2,8-11,13H2,1H3,(H,20,23). The van der Waals surface area contributed by atoms with Crippen LogP contribution in [0.25, 0.3) is 0 Å². The molecular formula is C18H24N4O. The molecule has 1 fully saturated rings. The Morgan fingerprint density at radius 2 is 2.00 bits per heavy atom. The Balaban J connectivity index is 1.46. The smallest absolute Gasteiger partial charge is 0.251 e. The van der Waals surface area contributed by atoms with Gasteiger partial charge in [-0.1, -0.05) is 18.2 Å². The van der Waals surface area contributed by atoms with Crippen molar-refractivity contribution < 1.29 is 4.79 Å². The number of carbonyl (C=O) groups excluding carboxylic acids is 1. The molecule has 1 aliphatic heterocycles. The van der Waals surface area contributed by atoms with E-state index in [0.717, 1.165) is 44.6 Å². The predicted octanol–water partition coefficient (Wildman–Crippen LogP) is 2.30. The van der Waals surface area contributed by atoms with Gasteiger partial charge < -0.3 is 5.32 Å². The molecule has 0 atom stereocenters. The van der Waals surface area contributed by atoms with Gasteiger partial charge in [-0.2, -0.15) is 5.10 Å². The molecule has 0 saturated carbocycles. The van der Waals surface area contributed by atoms with Crippen molar-refractivity contribution in [3.8, 4) is 0 Å². The predicted molar refractivity (Wildman–Crippen MR) is 90.1 cm³/mol. The monoisotopic (exact) mass is 312 g/mol. The maximum Gasteiger partial charge on any atom is 0.251 e. The van der Waals surface area contributed by atoms with Gasteiger partial charge in [0.05, 0.1) is 6.20 Å². The molecule has 1 saturated heterocycles. The van der Waals surface area contributed by atoms with E-state index in [-0.39, 0.29) is 11.9 Å². The van der Waals surface area contributed by atoms with Gasteiger partial charge in [-0.05, 0) is 31.9 Å².